The van der Waals surface area contributed by atoms with Gasteiger partial charge < -0.3 is 14.8 Å². The molecule has 0 saturated carbocycles. The van der Waals surface area contributed by atoms with E-state index in [0.29, 0.717) is 24.3 Å². The molecule has 1 N–H and O–H groups in total. The van der Waals surface area contributed by atoms with Crippen LogP contribution in [0.2, 0.25) is 0 Å². The van der Waals surface area contributed by atoms with Crippen LogP contribution in [-0.4, -0.2) is 32.6 Å². The number of esters is 1. The Morgan fingerprint density at radius 3 is 2.50 bits per heavy atom. The zero-order valence-electron chi connectivity index (χ0n) is 14.0. The molecule has 6 heteroatoms. The van der Waals surface area contributed by atoms with Crippen molar-refractivity contribution < 1.29 is 19.1 Å². The molecule has 0 atom stereocenters. The highest BCUT2D eigenvalue weighted by atomic mass is 32.1. The summed E-state index contributed by atoms with van der Waals surface area (Å²) in [6.45, 7) is 2.45. The second-order valence-corrected chi connectivity index (χ2v) is 6.50. The molecule has 0 unspecified atom stereocenters. The average Bonchev–Trinajstić information content (AvgIpc) is 3.00. The van der Waals surface area contributed by atoms with E-state index >= 15 is 0 Å². The van der Waals surface area contributed by atoms with Crippen LogP contribution in [0.3, 0.4) is 0 Å². The maximum atomic E-state index is 12.2. The van der Waals surface area contributed by atoms with Crippen molar-refractivity contribution in [2.45, 2.75) is 19.8 Å². The fraction of sp³-hybridized carbons (Fsp3) is 0.333. The minimum Gasteiger partial charge on any atom is -0.497 e. The molecule has 0 aliphatic rings. The number of ether oxygens (including phenoxy) is 2. The Bertz CT molecular complexity index is 706. The Balaban J connectivity index is 1.99. The summed E-state index contributed by atoms with van der Waals surface area (Å²) in [5, 5.41) is 2.83. The molecule has 0 saturated heterocycles. The fourth-order valence-electron chi connectivity index (χ4n) is 2.27. The third-order valence-corrected chi connectivity index (χ3v) is 4.66. The van der Waals surface area contributed by atoms with Gasteiger partial charge in [0.2, 0.25) is 0 Å². The summed E-state index contributed by atoms with van der Waals surface area (Å²) in [4.78, 5) is 25.0. The van der Waals surface area contributed by atoms with Gasteiger partial charge in [0, 0.05) is 17.8 Å². The maximum Gasteiger partial charge on any atom is 0.305 e. The predicted octanol–water partition coefficient (Wildman–Crippen LogP) is 3.42. The molecule has 1 aromatic heterocycles. The van der Waals surface area contributed by atoms with Gasteiger partial charge in [0.25, 0.3) is 5.91 Å². The second kappa shape index (κ2) is 8.49. The van der Waals surface area contributed by atoms with Gasteiger partial charge in [-0.15, -0.1) is 11.3 Å². The molecule has 0 fully saturated rings. The minimum absolute atomic E-state index is 0.118. The molecule has 128 valence electrons. The van der Waals surface area contributed by atoms with Gasteiger partial charge in [-0.2, -0.15) is 0 Å². The van der Waals surface area contributed by atoms with Crippen LogP contribution in [-0.2, 0) is 9.53 Å². The molecule has 0 radical (unpaired) electrons. The summed E-state index contributed by atoms with van der Waals surface area (Å²) in [5.74, 6) is 0.418. The first kappa shape index (κ1) is 18.0. The highest BCUT2D eigenvalue weighted by Crippen LogP contribution is 2.31. The number of carbonyl (C=O) groups excluding carboxylic acids is 2. The number of nitrogens with one attached hydrogen (secondary N) is 1. The standard InChI is InChI=1S/C18H21NO4S/c1-12-15(13-6-8-14(22-2)9-7-13)11-16(24-12)18(21)19-10-4-5-17(20)23-3/h6-9,11H,4-5,10H2,1-3H3,(H,19,21). The lowest BCUT2D eigenvalue weighted by molar-refractivity contribution is -0.140. The van der Waals surface area contributed by atoms with E-state index in [1.165, 1.54) is 18.4 Å². The van der Waals surface area contributed by atoms with Gasteiger partial charge in [-0.25, -0.2) is 0 Å². The number of benzene rings is 1. The number of aryl methyl sites for hydroxylation is 1. The summed E-state index contributed by atoms with van der Waals surface area (Å²) in [6.07, 6.45) is 0.867. The van der Waals surface area contributed by atoms with Crippen LogP contribution in [0.25, 0.3) is 11.1 Å². The van der Waals surface area contributed by atoms with Crippen molar-refractivity contribution in [2.24, 2.45) is 0 Å². The smallest absolute Gasteiger partial charge is 0.305 e. The summed E-state index contributed by atoms with van der Waals surface area (Å²) < 4.78 is 9.73. The lowest BCUT2D eigenvalue weighted by atomic mass is 10.1. The number of hydrogen-bond donors (Lipinski definition) is 1. The Morgan fingerprint density at radius 2 is 1.88 bits per heavy atom. The second-order valence-electron chi connectivity index (χ2n) is 5.24. The predicted molar refractivity (Wildman–Crippen MR) is 94.6 cm³/mol. The lowest BCUT2D eigenvalue weighted by Crippen LogP contribution is -2.24. The third kappa shape index (κ3) is 4.58. The Hall–Kier alpha value is -2.34. The van der Waals surface area contributed by atoms with Gasteiger partial charge >= 0.3 is 5.97 Å². The van der Waals surface area contributed by atoms with Crippen molar-refractivity contribution in [3.63, 3.8) is 0 Å². The Kier molecular flexibility index (Phi) is 6.37. The van der Waals surface area contributed by atoms with Gasteiger partial charge in [0.1, 0.15) is 5.75 Å². The number of thiophene rings is 1. The van der Waals surface area contributed by atoms with Crippen molar-refractivity contribution in [3.05, 3.63) is 40.1 Å². The van der Waals surface area contributed by atoms with Gasteiger partial charge in [0.15, 0.2) is 0 Å². The lowest BCUT2D eigenvalue weighted by Gasteiger charge is -2.03. The Labute approximate surface area is 145 Å². The molecule has 0 spiro atoms. The number of hydrogen-bond acceptors (Lipinski definition) is 5. The van der Waals surface area contributed by atoms with Gasteiger partial charge in [-0.05, 0) is 42.7 Å². The first-order chi connectivity index (χ1) is 11.5. The van der Waals surface area contributed by atoms with E-state index in [2.05, 4.69) is 10.1 Å². The van der Waals surface area contributed by atoms with E-state index in [1.807, 2.05) is 37.3 Å². The topological polar surface area (TPSA) is 64.6 Å². The quantitative estimate of drug-likeness (QED) is 0.616. The van der Waals surface area contributed by atoms with Crippen LogP contribution >= 0.6 is 11.3 Å². The molecule has 0 aliphatic heterocycles. The molecule has 0 aliphatic carbocycles. The molecule has 5 nitrogen and oxygen atoms in total. The number of methoxy groups -OCH3 is 2. The fourth-order valence-corrected chi connectivity index (χ4v) is 3.23. The molecular formula is C18H21NO4S. The summed E-state index contributed by atoms with van der Waals surface area (Å²) in [6, 6.07) is 9.66. The molecule has 1 aromatic carbocycles. The van der Waals surface area contributed by atoms with E-state index in [0.717, 1.165) is 21.8 Å². The third-order valence-electron chi connectivity index (χ3n) is 3.61. The summed E-state index contributed by atoms with van der Waals surface area (Å²) in [7, 11) is 2.99. The van der Waals surface area contributed by atoms with Gasteiger partial charge in [0.05, 0.1) is 19.1 Å². The molecule has 1 amide bonds. The normalized spacial score (nSPS) is 10.3. The van der Waals surface area contributed by atoms with Crippen LogP contribution in [0.5, 0.6) is 5.75 Å². The highest BCUT2D eigenvalue weighted by molar-refractivity contribution is 7.14. The number of carbonyl (C=O) groups is 2. The first-order valence-electron chi connectivity index (χ1n) is 7.65. The van der Waals surface area contributed by atoms with Crippen LogP contribution in [0.15, 0.2) is 30.3 Å². The van der Waals surface area contributed by atoms with E-state index in [4.69, 9.17) is 4.74 Å². The largest absolute Gasteiger partial charge is 0.497 e. The molecular weight excluding hydrogens is 326 g/mol. The zero-order valence-corrected chi connectivity index (χ0v) is 14.9. The Morgan fingerprint density at radius 1 is 1.17 bits per heavy atom. The van der Waals surface area contributed by atoms with Crippen LogP contribution < -0.4 is 10.1 Å². The van der Waals surface area contributed by atoms with Gasteiger partial charge in [-0.3, -0.25) is 9.59 Å². The highest BCUT2D eigenvalue weighted by Gasteiger charge is 2.13. The van der Waals surface area contributed by atoms with Gasteiger partial charge in [-0.1, -0.05) is 12.1 Å². The molecule has 1 heterocycles. The van der Waals surface area contributed by atoms with E-state index in [9.17, 15) is 9.59 Å². The van der Waals surface area contributed by atoms with E-state index < -0.39 is 0 Å². The minimum atomic E-state index is -0.266. The van der Waals surface area contributed by atoms with Crippen LogP contribution in [0, 0.1) is 6.92 Å². The van der Waals surface area contributed by atoms with Crippen molar-refractivity contribution in [2.75, 3.05) is 20.8 Å². The number of amides is 1. The monoisotopic (exact) mass is 347 g/mol. The van der Waals surface area contributed by atoms with Crippen LogP contribution in [0.4, 0.5) is 0 Å². The summed E-state index contributed by atoms with van der Waals surface area (Å²) in [5.41, 5.74) is 2.09. The summed E-state index contributed by atoms with van der Waals surface area (Å²) >= 11 is 1.46. The average molecular weight is 347 g/mol. The molecule has 0 bridgehead atoms. The maximum absolute atomic E-state index is 12.2. The van der Waals surface area contributed by atoms with E-state index in [-0.39, 0.29) is 11.9 Å². The van der Waals surface area contributed by atoms with Crippen molar-refractivity contribution in [3.8, 4) is 16.9 Å². The van der Waals surface area contributed by atoms with Crippen molar-refractivity contribution in [1.29, 1.82) is 0 Å². The molecule has 2 rings (SSSR count). The number of rotatable bonds is 7. The van der Waals surface area contributed by atoms with E-state index in [1.54, 1.807) is 7.11 Å². The van der Waals surface area contributed by atoms with Crippen molar-refractivity contribution in [1.82, 2.24) is 5.32 Å². The first-order valence-corrected chi connectivity index (χ1v) is 8.46. The zero-order chi connectivity index (χ0) is 17.5. The SMILES string of the molecule is COC(=O)CCCNC(=O)c1cc(-c2ccc(OC)cc2)c(C)s1. The van der Waals surface area contributed by atoms with Crippen LogP contribution in [0.1, 0.15) is 27.4 Å². The molecule has 24 heavy (non-hydrogen) atoms. The van der Waals surface area contributed by atoms with Crippen molar-refractivity contribution >= 4 is 23.2 Å². The molecule has 2 aromatic rings.